The van der Waals surface area contributed by atoms with Gasteiger partial charge >= 0.3 is 0 Å². The summed E-state index contributed by atoms with van der Waals surface area (Å²) in [5, 5.41) is 7.65. The Morgan fingerprint density at radius 1 is 1.21 bits per heavy atom. The Morgan fingerprint density at radius 3 is 2.71 bits per heavy atom. The van der Waals surface area contributed by atoms with E-state index in [1.807, 2.05) is 26.8 Å². The molecular formula is C20H24N4O4. The number of morpholine rings is 1. The number of hydrogen-bond acceptors (Lipinski definition) is 7. The van der Waals surface area contributed by atoms with Crippen molar-refractivity contribution >= 4 is 17.0 Å². The van der Waals surface area contributed by atoms with Gasteiger partial charge in [0.1, 0.15) is 11.5 Å². The molecule has 1 aliphatic rings. The minimum Gasteiger partial charge on any atom is -0.466 e. The number of fused-ring (bicyclic) bond motifs is 1. The zero-order valence-corrected chi connectivity index (χ0v) is 16.4. The second-order valence-electron chi connectivity index (χ2n) is 7.04. The number of carbonyl (C=O) groups is 1. The molecule has 1 N–H and O–H groups in total. The molecule has 0 aromatic carbocycles. The van der Waals surface area contributed by atoms with Crippen molar-refractivity contribution in [3.63, 3.8) is 0 Å². The third-order valence-corrected chi connectivity index (χ3v) is 5.00. The van der Waals surface area contributed by atoms with Gasteiger partial charge in [-0.15, -0.1) is 0 Å². The zero-order valence-electron chi connectivity index (χ0n) is 16.4. The van der Waals surface area contributed by atoms with E-state index in [1.54, 1.807) is 6.07 Å². The highest BCUT2D eigenvalue weighted by Gasteiger charge is 2.21. The van der Waals surface area contributed by atoms with Crippen LogP contribution in [0.15, 0.2) is 21.1 Å². The Bertz CT molecular complexity index is 1000. The first-order chi connectivity index (χ1) is 13.5. The van der Waals surface area contributed by atoms with Gasteiger partial charge in [-0.3, -0.25) is 9.69 Å². The van der Waals surface area contributed by atoms with Crippen LogP contribution >= 0.6 is 0 Å². The van der Waals surface area contributed by atoms with Gasteiger partial charge in [-0.1, -0.05) is 5.16 Å². The lowest BCUT2D eigenvalue weighted by atomic mass is 10.1. The summed E-state index contributed by atoms with van der Waals surface area (Å²) in [5.41, 5.74) is 2.99. The maximum absolute atomic E-state index is 12.9. The first kappa shape index (κ1) is 18.6. The van der Waals surface area contributed by atoms with Crippen LogP contribution < -0.4 is 5.32 Å². The summed E-state index contributed by atoms with van der Waals surface area (Å²) >= 11 is 0. The normalized spacial score (nSPS) is 15.2. The van der Waals surface area contributed by atoms with Gasteiger partial charge in [0.15, 0.2) is 0 Å². The van der Waals surface area contributed by atoms with Crippen molar-refractivity contribution in [3.8, 4) is 11.3 Å². The number of rotatable bonds is 5. The molecule has 0 atom stereocenters. The molecule has 3 aromatic rings. The van der Waals surface area contributed by atoms with Gasteiger partial charge in [0.2, 0.25) is 0 Å². The second-order valence-corrected chi connectivity index (χ2v) is 7.04. The van der Waals surface area contributed by atoms with Crippen LogP contribution in [0.5, 0.6) is 0 Å². The number of hydrogen-bond donors (Lipinski definition) is 1. The smallest absolute Gasteiger partial charge is 0.259 e. The Labute approximate surface area is 162 Å². The Balaban J connectivity index is 1.60. The van der Waals surface area contributed by atoms with E-state index in [-0.39, 0.29) is 5.91 Å². The summed E-state index contributed by atoms with van der Waals surface area (Å²) in [6.45, 7) is 10.2. The molecule has 0 radical (unpaired) electrons. The minimum absolute atomic E-state index is 0.161. The summed E-state index contributed by atoms with van der Waals surface area (Å²) in [6.07, 6.45) is 0. The molecule has 1 aliphatic heterocycles. The third-order valence-electron chi connectivity index (χ3n) is 5.00. The van der Waals surface area contributed by atoms with Crippen LogP contribution in [0.3, 0.4) is 0 Å². The number of aromatic nitrogens is 2. The van der Waals surface area contributed by atoms with E-state index in [9.17, 15) is 4.79 Å². The molecule has 4 rings (SSSR count). The molecule has 8 nitrogen and oxygen atoms in total. The van der Waals surface area contributed by atoms with Crippen LogP contribution in [0.2, 0.25) is 0 Å². The number of nitrogens with one attached hydrogen (secondary N) is 1. The SMILES string of the molecule is Cc1cc(-c2cc(C(=O)NCCN3CCOCC3)c3c(C)noc3n2)c(C)o1. The van der Waals surface area contributed by atoms with E-state index < -0.39 is 0 Å². The lowest BCUT2D eigenvalue weighted by Gasteiger charge is -2.26. The van der Waals surface area contributed by atoms with Crippen molar-refractivity contribution in [3.05, 3.63) is 34.9 Å². The van der Waals surface area contributed by atoms with Crippen molar-refractivity contribution in [2.24, 2.45) is 0 Å². The lowest BCUT2D eigenvalue weighted by molar-refractivity contribution is 0.0383. The summed E-state index contributed by atoms with van der Waals surface area (Å²) in [6, 6.07) is 3.70. The number of nitrogens with zero attached hydrogens (tertiary/aromatic N) is 3. The summed E-state index contributed by atoms with van der Waals surface area (Å²) < 4.78 is 16.3. The quantitative estimate of drug-likeness (QED) is 0.722. The number of furan rings is 1. The van der Waals surface area contributed by atoms with E-state index in [4.69, 9.17) is 13.7 Å². The van der Waals surface area contributed by atoms with Gasteiger partial charge in [0.05, 0.1) is 35.6 Å². The Kier molecular flexibility index (Phi) is 5.15. The number of pyridine rings is 1. The molecule has 0 saturated carbocycles. The van der Waals surface area contributed by atoms with Gasteiger partial charge in [0, 0.05) is 31.7 Å². The molecular weight excluding hydrogens is 360 g/mol. The molecule has 4 heterocycles. The largest absolute Gasteiger partial charge is 0.466 e. The topological polar surface area (TPSA) is 93.6 Å². The standard InChI is InChI=1S/C20H24N4O4/c1-12-10-15(14(3)27-12)17-11-16(18-13(2)23-28-20(18)22-17)19(25)21-4-5-24-6-8-26-9-7-24/h10-11H,4-9H2,1-3H3,(H,21,25). The highest BCUT2D eigenvalue weighted by molar-refractivity contribution is 6.07. The molecule has 8 heteroatoms. The number of ether oxygens (including phenoxy) is 1. The molecule has 1 fully saturated rings. The highest BCUT2D eigenvalue weighted by atomic mass is 16.5. The summed E-state index contributed by atoms with van der Waals surface area (Å²) in [5.74, 6) is 1.38. The highest BCUT2D eigenvalue weighted by Crippen LogP contribution is 2.30. The van der Waals surface area contributed by atoms with Crippen LogP contribution in [0.4, 0.5) is 0 Å². The van der Waals surface area contributed by atoms with Gasteiger partial charge in [-0.2, -0.15) is 0 Å². The van der Waals surface area contributed by atoms with Gasteiger partial charge < -0.3 is 19.0 Å². The molecule has 148 valence electrons. The fraction of sp³-hybridized carbons (Fsp3) is 0.450. The van der Waals surface area contributed by atoms with Gasteiger partial charge in [0.25, 0.3) is 11.6 Å². The van der Waals surface area contributed by atoms with Crippen molar-refractivity contribution in [2.45, 2.75) is 20.8 Å². The molecule has 1 saturated heterocycles. The molecule has 0 unspecified atom stereocenters. The van der Waals surface area contributed by atoms with Crippen LogP contribution in [0.25, 0.3) is 22.4 Å². The van der Waals surface area contributed by atoms with Crippen LogP contribution in [0, 0.1) is 20.8 Å². The molecule has 0 bridgehead atoms. The second kappa shape index (κ2) is 7.73. The fourth-order valence-corrected chi connectivity index (χ4v) is 3.54. The Hall–Kier alpha value is -2.71. The van der Waals surface area contributed by atoms with Crippen molar-refractivity contribution in [1.82, 2.24) is 20.4 Å². The van der Waals surface area contributed by atoms with Crippen LogP contribution in [-0.2, 0) is 4.74 Å². The van der Waals surface area contributed by atoms with E-state index in [1.165, 1.54) is 0 Å². The van der Waals surface area contributed by atoms with E-state index in [2.05, 4.69) is 20.4 Å². The molecule has 1 amide bonds. The predicted octanol–water partition coefficient (Wildman–Crippen LogP) is 2.47. The maximum atomic E-state index is 12.9. The van der Waals surface area contributed by atoms with Gasteiger partial charge in [-0.25, -0.2) is 4.98 Å². The first-order valence-electron chi connectivity index (χ1n) is 9.45. The maximum Gasteiger partial charge on any atom is 0.259 e. The van der Waals surface area contributed by atoms with Crippen molar-refractivity contribution < 1.29 is 18.5 Å². The lowest BCUT2D eigenvalue weighted by Crippen LogP contribution is -2.41. The minimum atomic E-state index is -0.161. The zero-order chi connectivity index (χ0) is 19.7. The molecule has 3 aromatic heterocycles. The number of amides is 1. The van der Waals surface area contributed by atoms with Crippen molar-refractivity contribution in [1.29, 1.82) is 0 Å². The third kappa shape index (κ3) is 3.65. The van der Waals surface area contributed by atoms with Crippen LogP contribution in [0.1, 0.15) is 27.6 Å². The number of carbonyl (C=O) groups excluding carboxylic acids is 1. The predicted molar refractivity (Wildman–Crippen MR) is 103 cm³/mol. The first-order valence-corrected chi connectivity index (χ1v) is 9.45. The van der Waals surface area contributed by atoms with E-state index >= 15 is 0 Å². The van der Waals surface area contributed by atoms with Gasteiger partial charge in [-0.05, 0) is 32.9 Å². The molecule has 0 aliphatic carbocycles. The number of aryl methyl sites for hydroxylation is 3. The summed E-state index contributed by atoms with van der Waals surface area (Å²) in [4.78, 5) is 19.8. The average Bonchev–Trinajstić information content (AvgIpc) is 3.23. The van der Waals surface area contributed by atoms with E-state index in [0.717, 1.165) is 49.9 Å². The van der Waals surface area contributed by atoms with Crippen molar-refractivity contribution in [2.75, 3.05) is 39.4 Å². The van der Waals surface area contributed by atoms with Crippen LogP contribution in [-0.4, -0.2) is 60.3 Å². The van der Waals surface area contributed by atoms with E-state index in [0.29, 0.717) is 34.6 Å². The molecule has 0 spiro atoms. The molecule has 28 heavy (non-hydrogen) atoms. The fourth-order valence-electron chi connectivity index (χ4n) is 3.54. The Morgan fingerprint density at radius 2 is 2.00 bits per heavy atom. The average molecular weight is 384 g/mol. The monoisotopic (exact) mass is 384 g/mol. The summed E-state index contributed by atoms with van der Waals surface area (Å²) in [7, 11) is 0.